The van der Waals surface area contributed by atoms with Crippen LogP contribution < -0.4 is 9.47 Å². The van der Waals surface area contributed by atoms with E-state index in [1.54, 1.807) is 18.2 Å². The first-order chi connectivity index (χ1) is 16.2. The largest absolute Gasteiger partial charge is 0.507 e. The molecule has 0 aromatic heterocycles. The molecule has 3 rings (SSSR count). The molecule has 9 heteroatoms. The van der Waals surface area contributed by atoms with E-state index in [0.29, 0.717) is 43.2 Å². The Hall–Kier alpha value is -3.23. The van der Waals surface area contributed by atoms with Gasteiger partial charge in [-0.05, 0) is 69.9 Å². The molecule has 1 amide bonds. The highest BCUT2D eigenvalue weighted by molar-refractivity contribution is 6.46. The van der Waals surface area contributed by atoms with Crippen LogP contribution in [0.4, 0.5) is 0 Å². The number of rotatable bonds is 9. The molecule has 0 radical (unpaired) electrons. The van der Waals surface area contributed by atoms with Gasteiger partial charge in [-0.25, -0.2) is 0 Å². The molecular weight excluding hydrogens is 460 g/mol. The van der Waals surface area contributed by atoms with Gasteiger partial charge >= 0.3 is 0 Å². The number of methoxy groups -OCH3 is 1. The van der Waals surface area contributed by atoms with E-state index in [4.69, 9.17) is 21.1 Å². The number of ketones is 1. The molecule has 1 atom stereocenters. The lowest BCUT2D eigenvalue weighted by Crippen LogP contribution is -2.32. The van der Waals surface area contributed by atoms with Gasteiger partial charge in [0, 0.05) is 11.6 Å². The number of phenols is 1. The van der Waals surface area contributed by atoms with Crippen molar-refractivity contribution in [2.75, 3.05) is 40.9 Å². The molecule has 2 aromatic rings. The number of halogens is 1. The minimum atomic E-state index is -0.884. The van der Waals surface area contributed by atoms with E-state index >= 15 is 0 Å². The predicted octanol–water partition coefficient (Wildman–Crippen LogP) is 3.83. The van der Waals surface area contributed by atoms with Gasteiger partial charge in [0.2, 0.25) is 0 Å². The van der Waals surface area contributed by atoms with Crippen LogP contribution in [0.15, 0.2) is 42.0 Å². The van der Waals surface area contributed by atoms with Crippen molar-refractivity contribution in [2.45, 2.75) is 19.4 Å². The highest BCUT2D eigenvalue weighted by Gasteiger charge is 2.46. The molecule has 1 fully saturated rings. The second-order valence-electron chi connectivity index (χ2n) is 8.15. The van der Waals surface area contributed by atoms with Crippen LogP contribution >= 0.6 is 11.6 Å². The monoisotopic (exact) mass is 488 g/mol. The molecule has 1 saturated heterocycles. The summed E-state index contributed by atoms with van der Waals surface area (Å²) in [5.74, 6) is -1.36. The van der Waals surface area contributed by atoms with Gasteiger partial charge in [-0.1, -0.05) is 17.7 Å². The maximum Gasteiger partial charge on any atom is 0.295 e. The lowest BCUT2D eigenvalue weighted by Gasteiger charge is -2.26. The summed E-state index contributed by atoms with van der Waals surface area (Å²) < 4.78 is 11.1. The number of aromatic hydroxyl groups is 1. The van der Waals surface area contributed by atoms with Crippen LogP contribution in [-0.2, 0) is 9.59 Å². The zero-order valence-corrected chi connectivity index (χ0v) is 20.4. The first-order valence-electron chi connectivity index (χ1n) is 10.9. The average Bonchev–Trinajstić information content (AvgIpc) is 3.05. The van der Waals surface area contributed by atoms with E-state index in [0.717, 1.165) is 0 Å². The molecule has 1 aliphatic heterocycles. The highest BCUT2D eigenvalue weighted by Crippen LogP contribution is 2.43. The number of nitrogens with zero attached hydrogens (tertiary/aromatic N) is 2. The molecule has 0 bridgehead atoms. The molecule has 0 saturated carbocycles. The average molecular weight is 489 g/mol. The Labute approximate surface area is 203 Å². The molecule has 2 N–H and O–H groups in total. The topological polar surface area (TPSA) is 99.5 Å². The maximum atomic E-state index is 13.1. The van der Waals surface area contributed by atoms with Crippen molar-refractivity contribution in [3.8, 4) is 17.2 Å². The van der Waals surface area contributed by atoms with Crippen molar-refractivity contribution in [2.24, 2.45) is 0 Å². The quantitative estimate of drug-likeness (QED) is 0.314. The van der Waals surface area contributed by atoms with Crippen molar-refractivity contribution >= 4 is 29.1 Å². The number of ether oxygens (including phenoxy) is 2. The molecule has 1 heterocycles. The third kappa shape index (κ3) is 5.13. The number of benzene rings is 2. The number of phenolic OH excluding ortho intramolecular Hbond substituents is 1. The van der Waals surface area contributed by atoms with E-state index in [9.17, 15) is 19.8 Å². The molecule has 0 unspecified atom stereocenters. The summed E-state index contributed by atoms with van der Waals surface area (Å²) >= 11 is 6.06. The highest BCUT2D eigenvalue weighted by atomic mass is 35.5. The van der Waals surface area contributed by atoms with Crippen LogP contribution in [-0.4, -0.2) is 72.6 Å². The standard InChI is InChI=1S/C25H29ClN2O6/c1-5-34-19-10-7-15(13-20(19)33-4)22-21(23(30)17-14-16(26)8-9-18(17)29)24(31)25(32)28(22)12-6-11-27(2)3/h7-10,13-14,22,29-30H,5-6,11-12H2,1-4H3/t22-/m0/s1. The number of amides is 1. The first kappa shape index (κ1) is 25.4. The summed E-state index contributed by atoms with van der Waals surface area (Å²) in [6.45, 7) is 3.29. The third-order valence-electron chi connectivity index (χ3n) is 5.56. The fraction of sp³-hybridized carbons (Fsp3) is 0.360. The Bertz CT molecular complexity index is 1110. The Morgan fingerprint density at radius 3 is 2.53 bits per heavy atom. The molecule has 0 spiro atoms. The predicted molar refractivity (Wildman–Crippen MR) is 129 cm³/mol. The first-order valence-corrected chi connectivity index (χ1v) is 11.3. The number of hydrogen-bond acceptors (Lipinski definition) is 7. The third-order valence-corrected chi connectivity index (χ3v) is 5.80. The van der Waals surface area contributed by atoms with Gasteiger partial charge in [0.15, 0.2) is 11.5 Å². The van der Waals surface area contributed by atoms with Gasteiger partial charge in [-0.2, -0.15) is 0 Å². The van der Waals surface area contributed by atoms with Crippen molar-refractivity contribution < 1.29 is 29.3 Å². The number of aliphatic hydroxyl groups excluding tert-OH is 1. The second-order valence-corrected chi connectivity index (χ2v) is 8.59. The summed E-state index contributed by atoms with van der Waals surface area (Å²) in [4.78, 5) is 29.6. The van der Waals surface area contributed by atoms with Gasteiger partial charge in [0.1, 0.15) is 11.5 Å². The molecule has 2 aromatic carbocycles. The van der Waals surface area contributed by atoms with E-state index < -0.39 is 23.5 Å². The van der Waals surface area contributed by atoms with Crippen LogP contribution in [0, 0.1) is 0 Å². The van der Waals surface area contributed by atoms with Crippen molar-refractivity contribution in [1.82, 2.24) is 9.80 Å². The summed E-state index contributed by atoms with van der Waals surface area (Å²) in [5.41, 5.74) is 0.410. The number of carbonyl (C=O) groups excluding carboxylic acids is 2. The Kier molecular flexibility index (Phi) is 8.06. The van der Waals surface area contributed by atoms with E-state index in [-0.39, 0.29) is 21.9 Å². The van der Waals surface area contributed by atoms with Gasteiger partial charge in [-0.15, -0.1) is 0 Å². The second kappa shape index (κ2) is 10.8. The number of Topliss-reactive ketones (excluding diaryl/α,β-unsaturated/α-hetero) is 1. The zero-order valence-electron chi connectivity index (χ0n) is 19.7. The zero-order chi connectivity index (χ0) is 25.0. The van der Waals surface area contributed by atoms with Crippen LogP contribution in [0.5, 0.6) is 17.2 Å². The summed E-state index contributed by atoms with van der Waals surface area (Å²) in [7, 11) is 5.34. The number of hydrogen-bond donors (Lipinski definition) is 2. The van der Waals surface area contributed by atoms with Crippen LogP contribution in [0.3, 0.4) is 0 Å². The van der Waals surface area contributed by atoms with Gasteiger partial charge < -0.3 is 29.5 Å². The molecule has 0 aliphatic carbocycles. The molecule has 182 valence electrons. The summed E-state index contributed by atoms with van der Waals surface area (Å²) in [6, 6.07) is 8.36. The minimum absolute atomic E-state index is 0.0262. The smallest absolute Gasteiger partial charge is 0.295 e. The van der Waals surface area contributed by atoms with Gasteiger partial charge in [0.05, 0.1) is 30.9 Å². The Balaban J connectivity index is 2.18. The van der Waals surface area contributed by atoms with Crippen LogP contribution in [0.2, 0.25) is 5.02 Å². The van der Waals surface area contributed by atoms with Crippen molar-refractivity contribution in [3.05, 3.63) is 58.1 Å². The van der Waals surface area contributed by atoms with E-state index in [1.807, 2.05) is 25.9 Å². The van der Waals surface area contributed by atoms with Crippen LogP contribution in [0.25, 0.3) is 5.76 Å². The number of carbonyl (C=O) groups is 2. The Morgan fingerprint density at radius 1 is 1.15 bits per heavy atom. The maximum absolute atomic E-state index is 13.1. The molecule has 34 heavy (non-hydrogen) atoms. The summed E-state index contributed by atoms with van der Waals surface area (Å²) in [6.07, 6.45) is 0.618. The van der Waals surface area contributed by atoms with Crippen molar-refractivity contribution in [1.29, 1.82) is 0 Å². The lowest BCUT2D eigenvalue weighted by atomic mass is 9.94. The Morgan fingerprint density at radius 2 is 1.88 bits per heavy atom. The van der Waals surface area contributed by atoms with Crippen LogP contribution in [0.1, 0.15) is 30.5 Å². The normalized spacial score (nSPS) is 17.5. The minimum Gasteiger partial charge on any atom is -0.507 e. The van der Waals surface area contributed by atoms with E-state index in [1.165, 1.54) is 30.2 Å². The summed E-state index contributed by atoms with van der Waals surface area (Å²) in [5, 5.41) is 21.7. The lowest BCUT2D eigenvalue weighted by molar-refractivity contribution is -0.139. The van der Waals surface area contributed by atoms with Crippen molar-refractivity contribution in [3.63, 3.8) is 0 Å². The van der Waals surface area contributed by atoms with Gasteiger partial charge in [0.25, 0.3) is 11.7 Å². The van der Waals surface area contributed by atoms with E-state index in [2.05, 4.69) is 0 Å². The molecular formula is C25H29ClN2O6. The van der Waals surface area contributed by atoms with Gasteiger partial charge in [-0.3, -0.25) is 9.59 Å². The fourth-order valence-corrected chi connectivity index (χ4v) is 4.16. The SMILES string of the molecule is CCOc1ccc([C@H]2C(=C(O)c3cc(Cl)ccc3O)C(=O)C(=O)N2CCCN(C)C)cc1OC. The molecule has 8 nitrogen and oxygen atoms in total. The molecule has 1 aliphatic rings. The fourth-order valence-electron chi connectivity index (χ4n) is 3.99. The number of aliphatic hydroxyl groups is 1. The number of likely N-dealkylation sites (tertiary alicyclic amines) is 1.